The van der Waals surface area contributed by atoms with E-state index in [9.17, 15) is 9.90 Å². The van der Waals surface area contributed by atoms with Gasteiger partial charge in [0.25, 0.3) is 0 Å². The summed E-state index contributed by atoms with van der Waals surface area (Å²) in [6.45, 7) is 1.49. The third-order valence-corrected chi connectivity index (χ3v) is 4.13. The molecule has 0 radical (unpaired) electrons. The maximum absolute atomic E-state index is 12.3. The third kappa shape index (κ3) is 4.80. The van der Waals surface area contributed by atoms with Crippen LogP contribution in [0.1, 0.15) is 12.0 Å². The standard InChI is InChI=1S/C18H23N3O4/c1-20-10-15(9-19-20)25-17-12-21(11-16(17)22)18(23)7-8-24-13-14-5-3-2-4-6-14/h2-6,9-10,16-17,22H,7-8,11-13H2,1H3/t16-,17-/m1/s1. The van der Waals surface area contributed by atoms with Crippen LogP contribution in [0, 0.1) is 0 Å². The van der Waals surface area contributed by atoms with Crippen LogP contribution < -0.4 is 4.74 Å². The Kier molecular flexibility index (Phi) is 5.67. The van der Waals surface area contributed by atoms with E-state index in [1.165, 1.54) is 0 Å². The van der Waals surface area contributed by atoms with Crippen LogP contribution in [-0.2, 0) is 23.2 Å². The smallest absolute Gasteiger partial charge is 0.225 e. The number of β-amino-alcohol motifs (C(OH)–C–C–N with tert-alkyl or cyclic N) is 1. The fraction of sp³-hybridized carbons (Fsp3) is 0.444. The fourth-order valence-electron chi connectivity index (χ4n) is 2.79. The average molecular weight is 345 g/mol. The van der Waals surface area contributed by atoms with Crippen LogP contribution in [0.5, 0.6) is 5.75 Å². The molecule has 1 aliphatic rings. The topological polar surface area (TPSA) is 76.8 Å². The predicted molar refractivity (Wildman–Crippen MR) is 90.9 cm³/mol. The van der Waals surface area contributed by atoms with Gasteiger partial charge in [0.05, 0.1) is 45.1 Å². The van der Waals surface area contributed by atoms with E-state index in [1.807, 2.05) is 30.3 Å². The zero-order chi connectivity index (χ0) is 17.6. The first-order valence-corrected chi connectivity index (χ1v) is 8.34. The number of carbonyl (C=O) groups excluding carboxylic acids is 1. The Bertz CT molecular complexity index is 689. The lowest BCUT2D eigenvalue weighted by molar-refractivity contribution is -0.131. The maximum Gasteiger partial charge on any atom is 0.225 e. The molecule has 0 unspecified atom stereocenters. The number of aromatic nitrogens is 2. The highest BCUT2D eigenvalue weighted by atomic mass is 16.5. The van der Waals surface area contributed by atoms with E-state index in [-0.39, 0.29) is 12.5 Å². The first-order chi connectivity index (χ1) is 12.1. The highest BCUT2D eigenvalue weighted by Gasteiger charge is 2.35. The number of hydrogen-bond donors (Lipinski definition) is 1. The maximum atomic E-state index is 12.3. The van der Waals surface area contributed by atoms with Crippen LogP contribution >= 0.6 is 0 Å². The molecule has 0 aliphatic carbocycles. The fourth-order valence-corrected chi connectivity index (χ4v) is 2.79. The molecule has 2 atom stereocenters. The molecule has 1 N–H and O–H groups in total. The van der Waals surface area contributed by atoms with E-state index in [2.05, 4.69) is 5.10 Å². The van der Waals surface area contributed by atoms with Gasteiger partial charge in [-0.25, -0.2) is 0 Å². The molecule has 1 saturated heterocycles. The van der Waals surface area contributed by atoms with Gasteiger partial charge in [0.1, 0.15) is 12.2 Å². The van der Waals surface area contributed by atoms with Crippen molar-refractivity contribution < 1.29 is 19.4 Å². The van der Waals surface area contributed by atoms with Gasteiger partial charge in [-0.1, -0.05) is 30.3 Å². The molecule has 2 heterocycles. The molecule has 1 aliphatic heterocycles. The van der Waals surface area contributed by atoms with Gasteiger partial charge >= 0.3 is 0 Å². The summed E-state index contributed by atoms with van der Waals surface area (Å²) in [5.41, 5.74) is 1.08. The first-order valence-electron chi connectivity index (χ1n) is 8.34. The number of likely N-dealkylation sites (tertiary alicyclic amines) is 1. The molecule has 0 saturated carbocycles. The van der Waals surface area contributed by atoms with Crippen molar-refractivity contribution in [2.75, 3.05) is 19.7 Å². The summed E-state index contributed by atoms with van der Waals surface area (Å²) in [6.07, 6.45) is 2.48. The number of carbonyl (C=O) groups is 1. The SMILES string of the molecule is Cn1cc(O[C@@H]2CN(C(=O)CCOCc3ccccc3)C[C@H]2O)cn1. The van der Waals surface area contributed by atoms with Gasteiger partial charge in [-0.2, -0.15) is 5.10 Å². The van der Waals surface area contributed by atoms with Crippen LogP contribution in [-0.4, -0.2) is 57.6 Å². The van der Waals surface area contributed by atoms with E-state index in [0.29, 0.717) is 31.9 Å². The normalized spacial score (nSPS) is 20.0. The van der Waals surface area contributed by atoms with Crippen LogP contribution in [0.4, 0.5) is 0 Å². The molecule has 1 aromatic carbocycles. The molecule has 0 spiro atoms. The lowest BCUT2D eigenvalue weighted by Crippen LogP contribution is -2.31. The number of nitrogens with zero attached hydrogens (tertiary/aromatic N) is 3. The summed E-state index contributed by atoms with van der Waals surface area (Å²) in [5, 5.41) is 14.1. The monoisotopic (exact) mass is 345 g/mol. The number of aliphatic hydroxyl groups is 1. The van der Waals surface area contributed by atoms with Gasteiger partial charge in [-0.05, 0) is 5.56 Å². The number of ether oxygens (including phenoxy) is 2. The Hall–Kier alpha value is -2.38. The molecule has 25 heavy (non-hydrogen) atoms. The molecule has 0 bridgehead atoms. The van der Waals surface area contributed by atoms with Crippen molar-refractivity contribution in [3.05, 3.63) is 48.3 Å². The third-order valence-electron chi connectivity index (χ3n) is 4.13. The zero-order valence-electron chi connectivity index (χ0n) is 14.2. The Morgan fingerprint density at radius 1 is 1.32 bits per heavy atom. The van der Waals surface area contributed by atoms with Crippen LogP contribution in [0.2, 0.25) is 0 Å². The van der Waals surface area contributed by atoms with Crippen molar-refractivity contribution in [3.63, 3.8) is 0 Å². The number of benzene rings is 1. The quantitative estimate of drug-likeness (QED) is 0.757. The predicted octanol–water partition coefficient (Wildman–Crippen LogP) is 0.977. The number of rotatable bonds is 7. The molecule has 2 aromatic rings. The summed E-state index contributed by atoms with van der Waals surface area (Å²) in [6, 6.07) is 9.84. The van der Waals surface area contributed by atoms with Crippen LogP contribution in [0.15, 0.2) is 42.7 Å². The molecule has 7 heteroatoms. The minimum atomic E-state index is -0.700. The lowest BCUT2D eigenvalue weighted by atomic mass is 10.2. The van der Waals surface area contributed by atoms with Crippen molar-refractivity contribution >= 4 is 5.91 Å². The lowest BCUT2D eigenvalue weighted by Gasteiger charge is -2.16. The van der Waals surface area contributed by atoms with E-state index in [1.54, 1.807) is 29.0 Å². The number of aryl methyl sites for hydroxylation is 1. The Morgan fingerprint density at radius 2 is 2.12 bits per heavy atom. The van der Waals surface area contributed by atoms with E-state index in [4.69, 9.17) is 9.47 Å². The van der Waals surface area contributed by atoms with E-state index < -0.39 is 12.2 Å². The Labute approximate surface area is 146 Å². The van der Waals surface area contributed by atoms with Crippen molar-refractivity contribution in [3.8, 4) is 5.75 Å². The zero-order valence-corrected chi connectivity index (χ0v) is 14.2. The molecule has 1 amide bonds. The highest BCUT2D eigenvalue weighted by molar-refractivity contribution is 5.76. The van der Waals surface area contributed by atoms with Crippen molar-refractivity contribution in [1.29, 1.82) is 0 Å². The van der Waals surface area contributed by atoms with Crippen LogP contribution in [0.25, 0.3) is 0 Å². The number of hydrogen-bond acceptors (Lipinski definition) is 5. The second-order valence-corrected chi connectivity index (χ2v) is 6.16. The molecule has 3 rings (SSSR count). The number of amides is 1. The summed E-state index contributed by atoms with van der Waals surface area (Å²) < 4.78 is 12.9. The van der Waals surface area contributed by atoms with Crippen molar-refractivity contribution in [2.45, 2.75) is 25.2 Å². The first kappa shape index (κ1) is 17.4. The second-order valence-electron chi connectivity index (χ2n) is 6.16. The van der Waals surface area contributed by atoms with Gasteiger partial charge in [-0.3, -0.25) is 9.48 Å². The average Bonchev–Trinajstić information content (AvgIpc) is 3.19. The van der Waals surface area contributed by atoms with Gasteiger partial charge in [0.15, 0.2) is 5.75 Å². The second kappa shape index (κ2) is 8.13. The molecule has 1 aromatic heterocycles. The van der Waals surface area contributed by atoms with Crippen molar-refractivity contribution in [1.82, 2.24) is 14.7 Å². The van der Waals surface area contributed by atoms with Crippen LogP contribution in [0.3, 0.4) is 0 Å². The molecule has 1 fully saturated rings. The summed E-state index contributed by atoms with van der Waals surface area (Å²) >= 11 is 0. The highest BCUT2D eigenvalue weighted by Crippen LogP contribution is 2.18. The molecular formula is C18H23N3O4. The minimum Gasteiger partial charge on any atom is -0.482 e. The summed E-state index contributed by atoms with van der Waals surface area (Å²) in [5.74, 6) is 0.552. The molecule has 134 valence electrons. The van der Waals surface area contributed by atoms with Gasteiger partial charge in [0.2, 0.25) is 5.91 Å². The molecular weight excluding hydrogens is 322 g/mol. The van der Waals surface area contributed by atoms with Crippen molar-refractivity contribution in [2.24, 2.45) is 7.05 Å². The van der Waals surface area contributed by atoms with E-state index in [0.717, 1.165) is 5.56 Å². The Balaban J connectivity index is 1.40. The number of aliphatic hydroxyl groups excluding tert-OH is 1. The van der Waals surface area contributed by atoms with Gasteiger partial charge in [-0.15, -0.1) is 0 Å². The summed E-state index contributed by atoms with van der Waals surface area (Å²) in [4.78, 5) is 13.9. The van der Waals surface area contributed by atoms with Gasteiger partial charge in [0, 0.05) is 7.05 Å². The van der Waals surface area contributed by atoms with E-state index >= 15 is 0 Å². The minimum absolute atomic E-state index is 0.0376. The Morgan fingerprint density at radius 3 is 2.84 bits per heavy atom. The van der Waals surface area contributed by atoms with Gasteiger partial charge < -0.3 is 19.5 Å². The molecule has 7 nitrogen and oxygen atoms in total. The largest absolute Gasteiger partial charge is 0.482 e. The summed E-state index contributed by atoms with van der Waals surface area (Å²) in [7, 11) is 1.79.